The van der Waals surface area contributed by atoms with Gasteiger partial charge in [-0.05, 0) is 61.7 Å². The minimum Gasteiger partial charge on any atom is -0.479 e. The highest BCUT2D eigenvalue weighted by molar-refractivity contribution is 6.04. The van der Waals surface area contributed by atoms with E-state index in [1.807, 2.05) is 24.3 Å². The van der Waals surface area contributed by atoms with Crippen molar-refractivity contribution in [2.45, 2.75) is 39.2 Å². The van der Waals surface area contributed by atoms with Crippen LogP contribution in [-0.4, -0.2) is 38.3 Å². The first-order valence-corrected chi connectivity index (χ1v) is 9.86. The molecule has 0 aliphatic rings. The lowest BCUT2D eigenvalue weighted by Gasteiger charge is -2.14. The third-order valence-electron chi connectivity index (χ3n) is 4.32. The minimum absolute atomic E-state index is 0.182. The summed E-state index contributed by atoms with van der Waals surface area (Å²) in [5.74, 6) is -0.186. The average Bonchev–Trinajstić information content (AvgIpc) is 2.73. The van der Waals surface area contributed by atoms with Crippen molar-refractivity contribution in [1.82, 2.24) is 0 Å². The van der Waals surface area contributed by atoms with Crippen LogP contribution in [-0.2, 0) is 20.7 Å². The molecule has 0 unspecified atom stereocenters. The molecule has 0 aromatic heterocycles. The van der Waals surface area contributed by atoms with Gasteiger partial charge in [-0.1, -0.05) is 25.5 Å². The Morgan fingerprint density at radius 2 is 1.69 bits per heavy atom. The number of esters is 1. The summed E-state index contributed by atoms with van der Waals surface area (Å²) in [5, 5.41) is 2.88. The van der Waals surface area contributed by atoms with Gasteiger partial charge in [0.1, 0.15) is 12.4 Å². The minimum atomic E-state index is -0.752. The lowest BCUT2D eigenvalue weighted by atomic mass is 10.1. The van der Waals surface area contributed by atoms with Gasteiger partial charge in [0.05, 0.1) is 6.61 Å². The van der Waals surface area contributed by atoms with E-state index < -0.39 is 12.1 Å². The monoisotopic (exact) mass is 399 g/mol. The molecule has 0 radical (unpaired) electrons. The van der Waals surface area contributed by atoms with Gasteiger partial charge in [0, 0.05) is 18.4 Å². The summed E-state index contributed by atoms with van der Waals surface area (Å²) in [6, 6.07) is 14.5. The quantitative estimate of drug-likeness (QED) is 0.452. The van der Waals surface area contributed by atoms with Gasteiger partial charge in [0.25, 0.3) is 5.91 Å². The van der Waals surface area contributed by atoms with Gasteiger partial charge in [-0.2, -0.15) is 0 Å². The van der Waals surface area contributed by atoms with Crippen LogP contribution in [0, 0.1) is 0 Å². The van der Waals surface area contributed by atoms with Crippen molar-refractivity contribution < 1.29 is 23.8 Å². The van der Waals surface area contributed by atoms with Crippen LogP contribution in [0.15, 0.2) is 48.5 Å². The lowest BCUT2D eigenvalue weighted by Crippen LogP contribution is -2.27. The normalized spacial score (nSPS) is 11.6. The number of carbonyl (C=O) groups is 2. The number of ether oxygens (including phenoxy) is 3. The number of aryl methyl sites for hydroxylation is 1. The van der Waals surface area contributed by atoms with E-state index in [1.54, 1.807) is 31.2 Å². The van der Waals surface area contributed by atoms with Gasteiger partial charge >= 0.3 is 5.97 Å². The zero-order valence-corrected chi connectivity index (χ0v) is 17.3. The van der Waals surface area contributed by atoms with Gasteiger partial charge in [0.15, 0.2) is 6.10 Å². The molecule has 29 heavy (non-hydrogen) atoms. The van der Waals surface area contributed by atoms with Crippen LogP contribution in [0.2, 0.25) is 0 Å². The molecule has 0 spiro atoms. The molecule has 0 saturated carbocycles. The fourth-order valence-electron chi connectivity index (χ4n) is 2.62. The van der Waals surface area contributed by atoms with Crippen molar-refractivity contribution in [2.75, 3.05) is 25.6 Å². The highest BCUT2D eigenvalue weighted by atomic mass is 16.6. The van der Waals surface area contributed by atoms with Crippen molar-refractivity contribution in [2.24, 2.45) is 0 Å². The molecular formula is C23H29NO5. The Balaban J connectivity index is 1.87. The predicted octanol–water partition coefficient (Wildman–Crippen LogP) is 4.24. The largest absolute Gasteiger partial charge is 0.479 e. The van der Waals surface area contributed by atoms with Crippen LogP contribution in [0.3, 0.4) is 0 Å². The number of carbonyl (C=O) groups excluding carboxylic acids is 2. The standard InChI is InChI=1S/C23H29NO5/c1-4-5-6-18-7-11-20(12-8-18)24-22(25)19-9-13-21(14-10-19)29-17(2)23(26)28-16-15-27-3/h7-14,17H,4-6,15-16H2,1-3H3,(H,24,25)/t17-/m0/s1. The van der Waals surface area contributed by atoms with Crippen molar-refractivity contribution in [1.29, 1.82) is 0 Å². The molecular weight excluding hydrogens is 370 g/mol. The second kappa shape index (κ2) is 11.9. The van der Waals surface area contributed by atoms with E-state index in [1.165, 1.54) is 12.7 Å². The van der Waals surface area contributed by atoms with E-state index in [-0.39, 0.29) is 12.5 Å². The first-order chi connectivity index (χ1) is 14.0. The third-order valence-corrected chi connectivity index (χ3v) is 4.32. The number of nitrogens with one attached hydrogen (secondary N) is 1. The van der Waals surface area contributed by atoms with Crippen molar-refractivity contribution in [3.63, 3.8) is 0 Å². The second-order valence-corrected chi connectivity index (χ2v) is 6.70. The summed E-state index contributed by atoms with van der Waals surface area (Å²) in [6.45, 7) is 4.30. The molecule has 0 saturated heterocycles. The molecule has 6 nitrogen and oxygen atoms in total. The van der Waals surface area contributed by atoms with Crippen LogP contribution in [0.25, 0.3) is 0 Å². The predicted molar refractivity (Wildman–Crippen MR) is 112 cm³/mol. The fraction of sp³-hybridized carbons (Fsp3) is 0.391. The molecule has 0 fully saturated rings. The Labute approximate surface area is 172 Å². The molecule has 6 heteroatoms. The zero-order chi connectivity index (χ0) is 21.1. The van der Waals surface area contributed by atoms with E-state index in [9.17, 15) is 9.59 Å². The number of hydrogen-bond acceptors (Lipinski definition) is 5. The second-order valence-electron chi connectivity index (χ2n) is 6.70. The summed E-state index contributed by atoms with van der Waals surface area (Å²) < 4.78 is 15.4. The zero-order valence-electron chi connectivity index (χ0n) is 17.3. The summed E-state index contributed by atoms with van der Waals surface area (Å²) in [7, 11) is 1.54. The fourth-order valence-corrected chi connectivity index (χ4v) is 2.62. The Kier molecular flexibility index (Phi) is 9.18. The van der Waals surface area contributed by atoms with E-state index in [0.29, 0.717) is 17.9 Å². The first-order valence-electron chi connectivity index (χ1n) is 9.86. The number of anilines is 1. The van der Waals surface area contributed by atoms with Crippen LogP contribution in [0.5, 0.6) is 5.75 Å². The lowest BCUT2D eigenvalue weighted by molar-refractivity contribution is -0.152. The van der Waals surface area contributed by atoms with E-state index in [4.69, 9.17) is 14.2 Å². The Bertz CT molecular complexity index is 771. The van der Waals surface area contributed by atoms with Gasteiger partial charge in [0.2, 0.25) is 0 Å². The molecule has 0 aliphatic carbocycles. The smallest absolute Gasteiger partial charge is 0.347 e. The van der Waals surface area contributed by atoms with Crippen LogP contribution < -0.4 is 10.1 Å². The first kappa shape index (κ1) is 22.4. The van der Waals surface area contributed by atoms with Gasteiger partial charge < -0.3 is 19.5 Å². The van der Waals surface area contributed by atoms with Crippen molar-refractivity contribution in [3.05, 3.63) is 59.7 Å². The average molecular weight is 399 g/mol. The highest BCUT2D eigenvalue weighted by Gasteiger charge is 2.16. The molecule has 0 bridgehead atoms. The van der Waals surface area contributed by atoms with Crippen LogP contribution >= 0.6 is 0 Å². The molecule has 2 rings (SSSR count). The number of amides is 1. The van der Waals surface area contributed by atoms with Crippen molar-refractivity contribution >= 4 is 17.6 Å². The molecule has 1 N–H and O–H groups in total. The number of rotatable bonds is 11. The molecule has 0 aliphatic heterocycles. The van der Waals surface area contributed by atoms with Gasteiger partial charge in [-0.15, -0.1) is 0 Å². The SMILES string of the molecule is CCCCc1ccc(NC(=O)c2ccc(O[C@@H](C)C(=O)OCCOC)cc2)cc1. The Morgan fingerprint density at radius 1 is 1.00 bits per heavy atom. The maximum atomic E-state index is 12.4. The molecule has 0 heterocycles. The topological polar surface area (TPSA) is 73.9 Å². The molecule has 156 valence electrons. The number of hydrogen-bond donors (Lipinski definition) is 1. The molecule has 1 amide bonds. The van der Waals surface area contributed by atoms with E-state index >= 15 is 0 Å². The summed E-state index contributed by atoms with van der Waals surface area (Å²) in [6.07, 6.45) is 2.61. The molecule has 2 aromatic carbocycles. The third kappa shape index (κ3) is 7.58. The van der Waals surface area contributed by atoms with Gasteiger partial charge in [-0.25, -0.2) is 4.79 Å². The maximum Gasteiger partial charge on any atom is 0.347 e. The maximum absolute atomic E-state index is 12.4. The number of benzene rings is 2. The summed E-state index contributed by atoms with van der Waals surface area (Å²) >= 11 is 0. The Hall–Kier alpha value is -2.86. The van der Waals surface area contributed by atoms with Crippen LogP contribution in [0.1, 0.15) is 42.6 Å². The number of methoxy groups -OCH3 is 1. The summed E-state index contributed by atoms with van der Waals surface area (Å²) in [5.41, 5.74) is 2.52. The van der Waals surface area contributed by atoms with Crippen LogP contribution in [0.4, 0.5) is 5.69 Å². The number of unbranched alkanes of at least 4 members (excludes halogenated alkanes) is 1. The molecule has 1 atom stereocenters. The molecule has 2 aromatic rings. The van der Waals surface area contributed by atoms with Gasteiger partial charge in [-0.3, -0.25) is 4.79 Å². The summed E-state index contributed by atoms with van der Waals surface area (Å²) in [4.78, 5) is 24.2. The van der Waals surface area contributed by atoms with E-state index in [2.05, 4.69) is 12.2 Å². The highest BCUT2D eigenvalue weighted by Crippen LogP contribution is 2.17. The van der Waals surface area contributed by atoms with E-state index in [0.717, 1.165) is 24.9 Å². The Morgan fingerprint density at radius 3 is 2.31 bits per heavy atom. The van der Waals surface area contributed by atoms with Crippen molar-refractivity contribution in [3.8, 4) is 5.75 Å².